The molecule has 0 unspecified atom stereocenters. The molecule has 0 bridgehead atoms. The van der Waals surface area contributed by atoms with Crippen LogP contribution >= 0.6 is 0 Å². The van der Waals surface area contributed by atoms with Crippen LogP contribution in [-0.4, -0.2) is 76.0 Å². The minimum atomic E-state index is -2.74. The van der Waals surface area contributed by atoms with Gasteiger partial charge < -0.3 is 14.8 Å². The highest BCUT2D eigenvalue weighted by atomic mass is 19.3. The molecule has 0 aliphatic carbocycles. The van der Waals surface area contributed by atoms with Gasteiger partial charge in [-0.3, -0.25) is 9.69 Å². The highest BCUT2D eigenvalue weighted by Crippen LogP contribution is 2.32. The van der Waals surface area contributed by atoms with E-state index in [2.05, 4.69) is 31.9 Å². The van der Waals surface area contributed by atoms with Crippen LogP contribution in [0, 0.1) is 0 Å². The molecule has 1 aromatic carbocycles. The largest absolute Gasteiger partial charge is 0.335 e. The summed E-state index contributed by atoms with van der Waals surface area (Å²) in [6.07, 6.45) is 6.42. The Morgan fingerprint density at radius 3 is 2.61 bits per heavy atom. The lowest BCUT2D eigenvalue weighted by molar-refractivity contribution is -0.133. The smallest absolute Gasteiger partial charge is 0.267 e. The number of nitrogens with one attached hydrogen (secondary N) is 1. The third-order valence-electron chi connectivity index (χ3n) is 7.00. The normalized spacial score (nSPS) is 27.1. The van der Waals surface area contributed by atoms with Gasteiger partial charge in [0.05, 0.1) is 12.6 Å². The number of benzene rings is 1. The number of likely N-dealkylation sites (tertiary alicyclic amines) is 2. The van der Waals surface area contributed by atoms with E-state index in [1.165, 1.54) is 4.90 Å². The molecule has 8 heteroatoms. The van der Waals surface area contributed by atoms with Crippen LogP contribution in [0.5, 0.6) is 0 Å². The van der Waals surface area contributed by atoms with E-state index in [0.717, 1.165) is 44.0 Å². The maximum atomic E-state index is 13.5. The van der Waals surface area contributed by atoms with Crippen molar-refractivity contribution in [3.8, 4) is 5.69 Å². The zero-order chi connectivity index (χ0) is 21.4. The van der Waals surface area contributed by atoms with Crippen molar-refractivity contribution in [3.05, 3.63) is 48.5 Å². The molecule has 0 saturated carbocycles. The van der Waals surface area contributed by atoms with Crippen molar-refractivity contribution in [2.75, 3.05) is 32.7 Å². The van der Waals surface area contributed by atoms with E-state index < -0.39 is 12.5 Å². The fraction of sp³-hybridized carbons (Fsp3) is 0.565. The van der Waals surface area contributed by atoms with Gasteiger partial charge >= 0.3 is 0 Å². The number of piperidine rings is 1. The number of alkyl halides is 2. The molecule has 2 atom stereocenters. The fourth-order valence-electron chi connectivity index (χ4n) is 5.27. The lowest BCUT2D eigenvalue weighted by Gasteiger charge is -2.35. The minimum Gasteiger partial charge on any atom is -0.335 e. The molecule has 3 fully saturated rings. The molecule has 3 aliphatic heterocycles. The Hall–Kier alpha value is -2.32. The monoisotopic (exact) mass is 429 g/mol. The first kappa shape index (κ1) is 20.6. The van der Waals surface area contributed by atoms with Crippen LogP contribution in [-0.2, 0) is 4.79 Å². The van der Waals surface area contributed by atoms with Crippen LogP contribution in [0.2, 0.25) is 0 Å². The van der Waals surface area contributed by atoms with Crippen LogP contribution in [0.1, 0.15) is 37.4 Å². The quantitative estimate of drug-likeness (QED) is 0.812. The minimum absolute atomic E-state index is 0.161. The predicted molar refractivity (Wildman–Crippen MR) is 113 cm³/mol. The van der Waals surface area contributed by atoms with Crippen LogP contribution < -0.4 is 5.32 Å². The van der Waals surface area contributed by atoms with Crippen molar-refractivity contribution in [2.45, 2.75) is 49.6 Å². The van der Waals surface area contributed by atoms with Crippen molar-refractivity contribution >= 4 is 5.91 Å². The third-order valence-corrected chi connectivity index (χ3v) is 7.00. The van der Waals surface area contributed by atoms with E-state index in [1.54, 1.807) is 0 Å². The van der Waals surface area contributed by atoms with Crippen LogP contribution in [0.3, 0.4) is 0 Å². The fourth-order valence-corrected chi connectivity index (χ4v) is 5.27. The number of carbonyl (C=O) groups is 1. The topological polar surface area (TPSA) is 53.4 Å². The summed E-state index contributed by atoms with van der Waals surface area (Å²) in [7, 11) is 0. The molecule has 6 nitrogen and oxygen atoms in total. The van der Waals surface area contributed by atoms with Gasteiger partial charge in [0.25, 0.3) is 5.92 Å². The van der Waals surface area contributed by atoms with Gasteiger partial charge in [0.15, 0.2) is 0 Å². The Labute approximate surface area is 181 Å². The summed E-state index contributed by atoms with van der Waals surface area (Å²) >= 11 is 0. The van der Waals surface area contributed by atoms with Gasteiger partial charge in [0.1, 0.15) is 5.82 Å². The first-order valence-electron chi connectivity index (χ1n) is 11.2. The summed E-state index contributed by atoms with van der Waals surface area (Å²) < 4.78 is 29.1. The molecule has 2 aromatic rings. The summed E-state index contributed by atoms with van der Waals surface area (Å²) in [4.78, 5) is 21.1. The number of hydrogen-bond donors (Lipinski definition) is 1. The van der Waals surface area contributed by atoms with Gasteiger partial charge in [0.2, 0.25) is 5.91 Å². The van der Waals surface area contributed by atoms with Gasteiger partial charge in [-0.1, -0.05) is 18.2 Å². The van der Waals surface area contributed by atoms with Gasteiger partial charge in [-0.2, -0.15) is 0 Å². The Kier molecular flexibility index (Phi) is 5.52. The summed E-state index contributed by atoms with van der Waals surface area (Å²) in [5.41, 5.74) is 1.13. The molecule has 3 aliphatic rings. The maximum absolute atomic E-state index is 13.5. The van der Waals surface area contributed by atoms with E-state index >= 15 is 0 Å². The van der Waals surface area contributed by atoms with E-state index in [-0.39, 0.29) is 31.0 Å². The van der Waals surface area contributed by atoms with Crippen molar-refractivity contribution in [2.24, 2.45) is 0 Å². The Bertz CT molecular complexity index is 910. The van der Waals surface area contributed by atoms with Gasteiger partial charge in [-0.05, 0) is 44.5 Å². The number of nitrogens with zero attached hydrogens (tertiary/aromatic N) is 4. The molecule has 1 amide bonds. The second-order valence-electron chi connectivity index (χ2n) is 9.02. The Morgan fingerprint density at radius 1 is 1.13 bits per heavy atom. The molecule has 3 saturated heterocycles. The average molecular weight is 430 g/mol. The number of imidazole rings is 1. The predicted octanol–water partition coefficient (Wildman–Crippen LogP) is 2.65. The molecule has 166 valence electrons. The molecule has 0 spiro atoms. The summed E-state index contributed by atoms with van der Waals surface area (Å²) in [6, 6.07) is 10.2. The number of rotatable bonds is 4. The zero-order valence-electron chi connectivity index (χ0n) is 17.6. The van der Waals surface area contributed by atoms with E-state index in [0.29, 0.717) is 12.3 Å². The molecule has 1 aromatic heterocycles. The second-order valence-corrected chi connectivity index (χ2v) is 9.02. The number of aromatic nitrogens is 2. The second kappa shape index (κ2) is 8.31. The number of hydrogen-bond acceptors (Lipinski definition) is 4. The Morgan fingerprint density at radius 2 is 1.90 bits per heavy atom. The lowest BCUT2D eigenvalue weighted by Crippen LogP contribution is -2.43. The first-order chi connectivity index (χ1) is 15.0. The standard InChI is InChI=1S/C23H29F2N5O/c24-23(25)8-12-29(16-23)22(31)20-14-19(15-27-20)28-10-6-17(7-11-28)21-26-9-13-30(21)18-4-2-1-3-5-18/h1-5,9,13,17,19-20,27H,6-8,10-12,14-16H2/t19-,20-/m0/s1. The van der Waals surface area contributed by atoms with Gasteiger partial charge in [-0.15, -0.1) is 0 Å². The lowest BCUT2D eigenvalue weighted by atomic mass is 9.94. The summed E-state index contributed by atoms with van der Waals surface area (Å²) in [5, 5.41) is 3.28. The van der Waals surface area contributed by atoms with Crippen molar-refractivity contribution in [1.82, 2.24) is 24.7 Å². The molecule has 5 rings (SSSR count). The summed E-state index contributed by atoms with van der Waals surface area (Å²) in [5.74, 6) is -1.39. The van der Waals surface area contributed by atoms with Crippen LogP contribution in [0.25, 0.3) is 5.69 Å². The number of amides is 1. The zero-order valence-corrected chi connectivity index (χ0v) is 17.6. The van der Waals surface area contributed by atoms with Crippen LogP contribution in [0.15, 0.2) is 42.7 Å². The van der Waals surface area contributed by atoms with Crippen molar-refractivity contribution in [3.63, 3.8) is 0 Å². The van der Waals surface area contributed by atoms with E-state index in [1.807, 2.05) is 30.6 Å². The number of halogens is 2. The molecular formula is C23H29F2N5O. The molecule has 4 heterocycles. The van der Waals surface area contributed by atoms with Gasteiger partial charge in [0, 0.05) is 49.6 Å². The summed E-state index contributed by atoms with van der Waals surface area (Å²) in [6.45, 7) is 2.38. The molecule has 31 heavy (non-hydrogen) atoms. The van der Waals surface area contributed by atoms with Crippen LogP contribution in [0.4, 0.5) is 8.78 Å². The highest BCUT2D eigenvalue weighted by molar-refractivity contribution is 5.82. The van der Waals surface area contributed by atoms with E-state index in [9.17, 15) is 13.6 Å². The molecular weight excluding hydrogens is 400 g/mol. The molecule has 0 radical (unpaired) electrons. The SMILES string of the molecule is O=C([C@@H]1C[C@H](N2CCC(c3nccn3-c3ccccc3)CC2)CN1)N1CCC(F)(F)C1. The average Bonchev–Trinajstić information content (AvgIpc) is 3.53. The van der Waals surface area contributed by atoms with Crippen molar-refractivity contribution in [1.29, 1.82) is 0 Å². The molecule has 1 N–H and O–H groups in total. The third kappa shape index (κ3) is 4.23. The first-order valence-corrected chi connectivity index (χ1v) is 11.2. The van der Waals surface area contributed by atoms with Gasteiger partial charge in [-0.25, -0.2) is 13.8 Å². The van der Waals surface area contributed by atoms with E-state index in [4.69, 9.17) is 0 Å². The maximum Gasteiger partial charge on any atom is 0.267 e. The van der Waals surface area contributed by atoms with Crippen molar-refractivity contribution < 1.29 is 13.6 Å². The number of para-hydroxylation sites is 1. The Balaban J connectivity index is 1.16. The number of carbonyl (C=O) groups excluding carboxylic acids is 1. The highest BCUT2D eigenvalue weighted by Gasteiger charge is 2.44.